The fourth-order valence-electron chi connectivity index (χ4n) is 5.71. The maximum Gasteiger partial charge on any atom is 0.160 e. The van der Waals surface area contributed by atoms with E-state index in [1.807, 2.05) is 6.92 Å². The molecule has 0 radical (unpaired) electrons. The molecule has 0 aromatic heterocycles. The predicted octanol–water partition coefficient (Wildman–Crippen LogP) is 12.3. The molecule has 2 N–H and O–H groups in total. The normalized spacial score (nSPS) is 13.3. The number of ketones is 2. The van der Waals surface area contributed by atoms with Crippen molar-refractivity contribution in [3.05, 3.63) is 24.3 Å². The minimum atomic E-state index is -1.26. The van der Waals surface area contributed by atoms with Gasteiger partial charge >= 0.3 is 0 Å². The van der Waals surface area contributed by atoms with E-state index in [-0.39, 0.29) is 11.6 Å². The highest BCUT2D eigenvalue weighted by Gasteiger charge is 2.38. The molecule has 42 heavy (non-hydrogen) atoms. The fraction of sp³-hybridized carbons (Fsp3) is 0.846. The van der Waals surface area contributed by atoms with Crippen LogP contribution in [0.2, 0.25) is 0 Å². The summed E-state index contributed by atoms with van der Waals surface area (Å²) in [6, 6.07) is 0. The van der Waals surface area contributed by atoms with Gasteiger partial charge in [0.1, 0.15) is 5.54 Å². The second kappa shape index (κ2) is 31.2. The van der Waals surface area contributed by atoms with Crippen molar-refractivity contribution in [2.75, 3.05) is 0 Å². The molecule has 0 bridgehead atoms. The number of hydrogen-bond donors (Lipinski definition) is 1. The number of carbonyl (C=O) groups excluding carboxylic acids is 2. The maximum atomic E-state index is 12.9. The summed E-state index contributed by atoms with van der Waals surface area (Å²) >= 11 is 0. The Bertz CT molecular complexity index is 613. The van der Waals surface area contributed by atoms with Crippen molar-refractivity contribution in [2.45, 2.75) is 213 Å². The molecule has 3 heteroatoms. The van der Waals surface area contributed by atoms with E-state index in [9.17, 15) is 9.59 Å². The molecule has 0 unspecified atom stereocenters. The smallest absolute Gasteiger partial charge is 0.160 e. The monoisotopic (exact) mass is 588 g/mol. The molecule has 0 aromatic carbocycles. The van der Waals surface area contributed by atoms with E-state index < -0.39 is 5.54 Å². The second-order valence-electron chi connectivity index (χ2n) is 12.8. The lowest BCUT2D eigenvalue weighted by atomic mass is 9.82. The Kier molecular flexibility index (Phi) is 30.3. The van der Waals surface area contributed by atoms with Crippen LogP contribution in [-0.2, 0) is 9.59 Å². The Morgan fingerprint density at radius 3 is 0.976 bits per heavy atom. The molecule has 0 aliphatic carbocycles. The minimum absolute atomic E-state index is 0.0413. The summed E-state index contributed by atoms with van der Waals surface area (Å²) in [7, 11) is 0. The number of Topliss-reactive ketones (excluding diaryl/α,β-unsaturated/α-hetero) is 2. The zero-order valence-corrected chi connectivity index (χ0v) is 28.7. The van der Waals surface area contributed by atoms with E-state index >= 15 is 0 Å². The Hall–Kier alpha value is -1.22. The van der Waals surface area contributed by atoms with Crippen molar-refractivity contribution in [3.63, 3.8) is 0 Å². The molecule has 0 heterocycles. The van der Waals surface area contributed by atoms with Gasteiger partial charge in [-0.1, -0.05) is 148 Å². The number of unbranched alkanes of at least 4 members (excludes halogenated alkanes) is 22. The van der Waals surface area contributed by atoms with Crippen molar-refractivity contribution in [1.82, 2.24) is 0 Å². The number of nitrogens with two attached hydrogens (primary N) is 1. The summed E-state index contributed by atoms with van der Waals surface area (Å²) in [4.78, 5) is 25.7. The standard InChI is InChI=1S/C39H73NO2/c1-4-7-9-11-13-15-17-19-21-23-25-27-29-31-33-35-37(41)39(40,6-3)38(42)36-34-32-30-28-26-24-22-20-18-16-14-12-10-8-5-2/h19-22H,4-18,23-36,40H2,1-3H3. The van der Waals surface area contributed by atoms with E-state index in [1.54, 1.807) is 0 Å². The largest absolute Gasteiger partial charge is 0.313 e. The van der Waals surface area contributed by atoms with Crippen LogP contribution in [-0.4, -0.2) is 17.1 Å². The lowest BCUT2D eigenvalue weighted by molar-refractivity contribution is -0.135. The van der Waals surface area contributed by atoms with Crippen molar-refractivity contribution in [3.8, 4) is 0 Å². The highest BCUT2D eigenvalue weighted by atomic mass is 16.2. The van der Waals surface area contributed by atoms with Crippen LogP contribution in [0.3, 0.4) is 0 Å². The van der Waals surface area contributed by atoms with E-state index in [4.69, 9.17) is 5.73 Å². The van der Waals surface area contributed by atoms with Gasteiger partial charge in [0.25, 0.3) is 0 Å². The molecule has 0 saturated heterocycles. The van der Waals surface area contributed by atoms with Gasteiger partial charge in [-0.05, 0) is 70.6 Å². The Balaban J connectivity index is 3.77. The van der Waals surface area contributed by atoms with E-state index in [0.29, 0.717) is 19.3 Å². The first-order valence-corrected chi connectivity index (χ1v) is 18.7. The van der Waals surface area contributed by atoms with Crippen LogP contribution >= 0.6 is 0 Å². The Labute approximate surface area is 263 Å². The predicted molar refractivity (Wildman–Crippen MR) is 186 cm³/mol. The van der Waals surface area contributed by atoms with Crippen LogP contribution in [0.1, 0.15) is 207 Å². The molecule has 0 rings (SSSR count). The topological polar surface area (TPSA) is 60.2 Å². The lowest BCUT2D eigenvalue weighted by Gasteiger charge is -2.25. The third-order valence-corrected chi connectivity index (χ3v) is 8.88. The van der Waals surface area contributed by atoms with Crippen LogP contribution < -0.4 is 5.73 Å². The van der Waals surface area contributed by atoms with E-state index in [2.05, 4.69) is 38.2 Å². The molecule has 0 spiro atoms. The molecule has 246 valence electrons. The van der Waals surface area contributed by atoms with Crippen LogP contribution in [0.15, 0.2) is 24.3 Å². The molecular weight excluding hydrogens is 514 g/mol. The van der Waals surface area contributed by atoms with Gasteiger partial charge in [0.2, 0.25) is 0 Å². The molecule has 3 nitrogen and oxygen atoms in total. The first kappa shape index (κ1) is 40.8. The summed E-state index contributed by atoms with van der Waals surface area (Å²) in [5.41, 5.74) is 5.13. The Morgan fingerprint density at radius 2 is 0.690 bits per heavy atom. The van der Waals surface area contributed by atoms with Gasteiger partial charge in [0, 0.05) is 12.8 Å². The van der Waals surface area contributed by atoms with Gasteiger partial charge in [-0.25, -0.2) is 0 Å². The molecular formula is C39H73NO2. The summed E-state index contributed by atoms with van der Waals surface area (Å²) in [5.74, 6) is -0.0826. The highest BCUT2D eigenvalue weighted by Crippen LogP contribution is 2.19. The molecule has 0 aromatic rings. The average molecular weight is 588 g/mol. The third-order valence-electron chi connectivity index (χ3n) is 8.88. The zero-order chi connectivity index (χ0) is 31.0. The van der Waals surface area contributed by atoms with Crippen LogP contribution in [0.25, 0.3) is 0 Å². The fourth-order valence-corrected chi connectivity index (χ4v) is 5.71. The zero-order valence-electron chi connectivity index (χ0n) is 28.7. The first-order chi connectivity index (χ1) is 20.5. The Morgan fingerprint density at radius 1 is 0.429 bits per heavy atom. The van der Waals surface area contributed by atoms with Crippen LogP contribution in [0.5, 0.6) is 0 Å². The summed E-state index contributed by atoms with van der Waals surface area (Å²) in [6.45, 7) is 6.42. The van der Waals surface area contributed by atoms with Gasteiger partial charge < -0.3 is 5.73 Å². The average Bonchev–Trinajstić information content (AvgIpc) is 3.00. The molecule has 0 fully saturated rings. The highest BCUT2D eigenvalue weighted by molar-refractivity contribution is 6.11. The maximum absolute atomic E-state index is 12.9. The van der Waals surface area contributed by atoms with E-state index in [0.717, 1.165) is 38.5 Å². The van der Waals surface area contributed by atoms with Crippen molar-refractivity contribution >= 4 is 11.6 Å². The van der Waals surface area contributed by atoms with E-state index in [1.165, 1.54) is 128 Å². The van der Waals surface area contributed by atoms with Crippen molar-refractivity contribution < 1.29 is 9.59 Å². The summed E-state index contributed by atoms with van der Waals surface area (Å²) in [5, 5.41) is 0. The van der Waals surface area contributed by atoms with Crippen molar-refractivity contribution in [1.29, 1.82) is 0 Å². The number of allylic oxidation sites excluding steroid dienone is 4. The van der Waals surface area contributed by atoms with Crippen LogP contribution in [0, 0.1) is 0 Å². The first-order valence-electron chi connectivity index (χ1n) is 18.7. The molecule has 0 aliphatic heterocycles. The SMILES string of the molecule is CCCCCCCCC=CCCCCCCCC(=O)C(N)(CC)C(=O)CCCCCCCC=CCCCCCCCC. The number of hydrogen-bond acceptors (Lipinski definition) is 3. The lowest BCUT2D eigenvalue weighted by Crippen LogP contribution is -2.54. The van der Waals surface area contributed by atoms with Gasteiger partial charge in [-0.15, -0.1) is 0 Å². The molecule has 0 saturated carbocycles. The summed E-state index contributed by atoms with van der Waals surface area (Å²) in [6.07, 6.45) is 42.9. The minimum Gasteiger partial charge on any atom is -0.313 e. The van der Waals surface area contributed by atoms with Gasteiger partial charge in [-0.2, -0.15) is 0 Å². The third kappa shape index (κ3) is 24.2. The molecule has 0 atom stereocenters. The van der Waals surface area contributed by atoms with Gasteiger partial charge in [-0.3, -0.25) is 9.59 Å². The number of carbonyl (C=O) groups is 2. The second-order valence-corrected chi connectivity index (χ2v) is 12.8. The quantitative estimate of drug-likeness (QED) is 0.0472. The van der Waals surface area contributed by atoms with Crippen molar-refractivity contribution in [2.24, 2.45) is 5.73 Å². The molecule has 0 amide bonds. The molecule has 0 aliphatic rings. The van der Waals surface area contributed by atoms with Gasteiger partial charge in [0.05, 0.1) is 0 Å². The summed E-state index contributed by atoms with van der Waals surface area (Å²) < 4.78 is 0. The van der Waals surface area contributed by atoms with Gasteiger partial charge in [0.15, 0.2) is 11.6 Å². The van der Waals surface area contributed by atoms with Crippen LogP contribution in [0.4, 0.5) is 0 Å². The number of rotatable bonds is 33.